The van der Waals surface area contributed by atoms with Gasteiger partial charge in [-0.2, -0.15) is 0 Å². The van der Waals surface area contributed by atoms with Crippen molar-refractivity contribution in [1.82, 2.24) is 10.6 Å². The van der Waals surface area contributed by atoms with E-state index in [9.17, 15) is 0 Å². The van der Waals surface area contributed by atoms with Crippen LogP contribution in [0.15, 0.2) is 0 Å². The maximum absolute atomic E-state index is 8.25. The molecule has 0 aliphatic rings. The van der Waals surface area contributed by atoms with Gasteiger partial charge in [-0.25, -0.2) is 0 Å². The van der Waals surface area contributed by atoms with Crippen molar-refractivity contribution >= 4 is 0 Å². The predicted molar refractivity (Wildman–Crippen MR) is 80.4 cm³/mol. The fourth-order valence-electron chi connectivity index (χ4n) is 0.841. The van der Waals surface area contributed by atoms with Crippen molar-refractivity contribution in [3.8, 4) is 0 Å². The van der Waals surface area contributed by atoms with Crippen LogP contribution in [0.2, 0.25) is 0 Å². The first-order valence-electron chi connectivity index (χ1n) is 6.33. The molecule has 0 spiro atoms. The van der Waals surface area contributed by atoms with Crippen molar-refractivity contribution in [1.29, 1.82) is 0 Å². The summed E-state index contributed by atoms with van der Waals surface area (Å²) in [4.78, 5) is 8.25. The van der Waals surface area contributed by atoms with E-state index >= 15 is 0 Å². The van der Waals surface area contributed by atoms with Crippen LogP contribution in [0.25, 0.3) is 0 Å². The molecule has 0 aromatic heterocycles. The number of rotatable bonds is 8. The summed E-state index contributed by atoms with van der Waals surface area (Å²) in [6.07, 6.45) is -0.0249. The second kappa shape index (κ2) is 24.5. The molecule has 0 saturated carbocycles. The maximum atomic E-state index is 8.25. The first-order valence-corrected chi connectivity index (χ1v) is 6.33. The van der Waals surface area contributed by atoms with Gasteiger partial charge in [0.25, 0.3) is 0 Å². The minimum Gasteiger partial charge on any atom is -0.442 e. The average molecular weight is 359 g/mol. The van der Waals surface area contributed by atoms with Crippen LogP contribution in [0.3, 0.4) is 0 Å². The summed E-state index contributed by atoms with van der Waals surface area (Å²) in [6.45, 7) is 8.16. The van der Waals surface area contributed by atoms with Gasteiger partial charge in [0.05, 0.1) is 18.2 Å². The Morgan fingerprint density at radius 3 is 1.38 bits per heavy atom. The van der Waals surface area contributed by atoms with E-state index < -0.39 is 5.09 Å². The molecule has 0 rings (SSSR count). The van der Waals surface area contributed by atoms with Crippen molar-refractivity contribution in [2.75, 3.05) is 39.3 Å². The molecule has 10 N–H and O–H groups in total. The Morgan fingerprint density at radius 1 is 1.00 bits per heavy atom. The van der Waals surface area contributed by atoms with Gasteiger partial charge in [-0.15, -0.1) is 0 Å². The molecule has 2 atom stereocenters. The molecule has 2 unspecified atom stereocenters. The number of nitrogens with two attached hydrogens (primary N) is 2. The third kappa shape index (κ3) is 66.3. The van der Waals surface area contributed by atoms with Crippen molar-refractivity contribution in [2.24, 2.45) is 11.5 Å². The summed E-state index contributed by atoms with van der Waals surface area (Å²) in [6, 6.07) is 0. The van der Waals surface area contributed by atoms with Gasteiger partial charge in [-0.05, 0) is 0 Å². The quantitative estimate of drug-likeness (QED) is 0.117. The minimum atomic E-state index is -1.75. The third-order valence-corrected chi connectivity index (χ3v) is 1.54. The molecular formula is C10H30N5NiO5+3. The van der Waals surface area contributed by atoms with E-state index in [0.717, 1.165) is 26.2 Å². The van der Waals surface area contributed by atoms with Crippen LogP contribution in [0, 0.1) is 15.3 Å². The molecule has 10 nitrogen and oxygen atoms in total. The number of hydrogen-bond acceptors (Lipinski definition) is 7. The fraction of sp³-hybridized carbons (Fsp3) is 1.00. The Labute approximate surface area is 135 Å². The topological polar surface area (TPSA) is 188 Å². The van der Waals surface area contributed by atoms with E-state index in [4.69, 9.17) is 37.0 Å². The first-order chi connectivity index (χ1) is 9.27. The molecule has 11 heteroatoms. The normalized spacial score (nSPS) is 11.7. The molecule has 132 valence electrons. The summed E-state index contributed by atoms with van der Waals surface area (Å²) in [7, 11) is 0. The van der Waals surface area contributed by atoms with Gasteiger partial charge in [-0.1, -0.05) is 0 Å². The molecule has 0 saturated heterocycles. The van der Waals surface area contributed by atoms with Gasteiger partial charge in [0.2, 0.25) is 0 Å². The summed E-state index contributed by atoms with van der Waals surface area (Å²) in [5, 5.41) is 34.9. The summed E-state index contributed by atoms with van der Waals surface area (Å²) in [5.74, 6) is 0. The molecule has 0 fully saturated rings. The van der Waals surface area contributed by atoms with Crippen LogP contribution in [-0.4, -0.2) is 66.8 Å². The van der Waals surface area contributed by atoms with E-state index in [1.54, 1.807) is 0 Å². The van der Waals surface area contributed by atoms with Crippen molar-refractivity contribution in [3.63, 3.8) is 0 Å². The number of nitrogens with zero attached hydrogens (tertiary/aromatic N) is 1. The molecule has 0 aliphatic heterocycles. The standard InChI is InChI=1S/2C5H14N2O.NO3.Ni/c2*1-5(8)4-7-3-2-6;2-1(3)4;/h2*5,7-8H,2-4,6H2,1H3;;/q;;-1;+2/p+2. The van der Waals surface area contributed by atoms with E-state index in [0.29, 0.717) is 13.1 Å². The van der Waals surface area contributed by atoms with Crippen LogP contribution in [0.1, 0.15) is 13.8 Å². The molecule has 0 aromatic carbocycles. The molecule has 21 heavy (non-hydrogen) atoms. The predicted octanol–water partition coefficient (Wildman–Crippen LogP) is -2.95. The van der Waals surface area contributed by atoms with Crippen LogP contribution in [0.5, 0.6) is 0 Å². The van der Waals surface area contributed by atoms with Gasteiger partial charge >= 0.3 is 16.5 Å². The van der Waals surface area contributed by atoms with Gasteiger partial charge in [0.1, 0.15) is 0 Å². The summed E-state index contributed by atoms with van der Waals surface area (Å²) >= 11 is 0. The zero-order chi connectivity index (χ0) is 16.4. The summed E-state index contributed by atoms with van der Waals surface area (Å²) < 4.78 is 0. The molecule has 0 heterocycles. The van der Waals surface area contributed by atoms with Gasteiger partial charge < -0.3 is 47.6 Å². The summed E-state index contributed by atoms with van der Waals surface area (Å²) in [5.41, 5.74) is 10.4. The van der Waals surface area contributed by atoms with Crippen molar-refractivity contribution < 1.29 is 31.8 Å². The van der Waals surface area contributed by atoms with Crippen LogP contribution in [0.4, 0.5) is 0 Å². The molecular weight excluding hydrogens is 329 g/mol. The van der Waals surface area contributed by atoms with Gasteiger partial charge in [0.15, 0.2) is 12.2 Å². The molecule has 0 aromatic rings. The van der Waals surface area contributed by atoms with E-state index in [1.807, 2.05) is 13.8 Å². The zero-order valence-electron chi connectivity index (χ0n) is 12.5. The smallest absolute Gasteiger partial charge is 0.442 e. The average Bonchev–Trinajstić information content (AvgIpc) is 2.29. The van der Waals surface area contributed by atoms with Gasteiger partial charge in [0, 0.05) is 40.0 Å². The second-order valence-electron chi connectivity index (χ2n) is 4.01. The number of nitrogens with one attached hydrogen (secondary N) is 2. The Kier molecular flexibility index (Phi) is 33.3. The molecule has 0 bridgehead atoms. The van der Waals surface area contributed by atoms with Crippen LogP contribution in [-0.2, 0) is 16.5 Å². The van der Waals surface area contributed by atoms with Crippen LogP contribution >= 0.6 is 0 Å². The van der Waals surface area contributed by atoms with Crippen molar-refractivity contribution in [3.05, 3.63) is 15.3 Å². The first kappa shape index (κ1) is 28.6. The van der Waals surface area contributed by atoms with E-state index in [2.05, 4.69) is 10.6 Å². The van der Waals surface area contributed by atoms with Crippen LogP contribution < -0.4 is 22.1 Å². The van der Waals surface area contributed by atoms with Crippen molar-refractivity contribution in [2.45, 2.75) is 26.1 Å². The minimum absolute atomic E-state index is 0. The third-order valence-electron chi connectivity index (χ3n) is 1.54. The SMILES string of the molecule is CC([OH2+])CNCCN.CC([OH2+])CNCCN.O=[N+]([O-])[O-].[Ni+2]. The number of hydrogen-bond donors (Lipinski definition) is 4. The monoisotopic (exact) mass is 358 g/mol. The Bertz CT molecular complexity index is 183. The molecule has 0 aliphatic carbocycles. The Balaban J connectivity index is -0.000000107. The Morgan fingerprint density at radius 2 is 1.24 bits per heavy atom. The molecule has 0 amide bonds. The Hall–Kier alpha value is -0.546. The largest absolute Gasteiger partial charge is 2.00 e. The zero-order valence-corrected chi connectivity index (χ0v) is 13.5. The maximum Gasteiger partial charge on any atom is 2.00 e. The van der Waals surface area contributed by atoms with Gasteiger partial charge in [-0.3, -0.25) is 0 Å². The fourth-order valence-corrected chi connectivity index (χ4v) is 0.841. The van der Waals surface area contributed by atoms with E-state index in [1.165, 1.54) is 0 Å². The van der Waals surface area contributed by atoms with E-state index in [-0.39, 0.29) is 28.7 Å². The second-order valence-corrected chi connectivity index (χ2v) is 4.01. The molecule has 0 radical (unpaired) electrons.